The summed E-state index contributed by atoms with van der Waals surface area (Å²) in [6.07, 6.45) is 0.567. The molecule has 4 aromatic rings. The number of benzene rings is 1. The molecule has 0 spiro atoms. The van der Waals surface area contributed by atoms with Gasteiger partial charge in [0.15, 0.2) is 0 Å². The number of anilines is 1. The number of carbonyl (C=O) groups excluding carboxylic acids is 2. The van der Waals surface area contributed by atoms with Crippen LogP contribution in [0, 0.1) is 13.8 Å². The van der Waals surface area contributed by atoms with E-state index < -0.39 is 11.7 Å². The molecule has 4 rings (SSSR count). The van der Waals surface area contributed by atoms with E-state index in [2.05, 4.69) is 25.4 Å². The Hall–Kier alpha value is -4.01. The Labute approximate surface area is 171 Å². The Morgan fingerprint density at radius 2 is 1.90 bits per heavy atom. The highest BCUT2D eigenvalue weighted by Gasteiger charge is 2.24. The smallest absolute Gasteiger partial charge is 0.298 e. The van der Waals surface area contributed by atoms with Gasteiger partial charge in [0.05, 0.1) is 11.3 Å². The first kappa shape index (κ1) is 19.3. The molecule has 0 fully saturated rings. The zero-order chi connectivity index (χ0) is 21.4. The van der Waals surface area contributed by atoms with Gasteiger partial charge in [0, 0.05) is 34.4 Å². The highest BCUT2D eigenvalue weighted by molar-refractivity contribution is 6.48. The van der Waals surface area contributed by atoms with Crippen molar-refractivity contribution in [3.8, 4) is 5.95 Å². The summed E-state index contributed by atoms with van der Waals surface area (Å²) in [5.74, 6) is -1.07. The van der Waals surface area contributed by atoms with Gasteiger partial charge in [0.25, 0.3) is 17.2 Å². The summed E-state index contributed by atoms with van der Waals surface area (Å²) in [7, 11) is 0. The number of aromatic amines is 2. The van der Waals surface area contributed by atoms with Gasteiger partial charge in [-0.1, -0.05) is 25.1 Å². The molecule has 0 saturated carbocycles. The number of ketones is 1. The Balaban J connectivity index is 1.69. The van der Waals surface area contributed by atoms with Crippen molar-refractivity contribution in [2.45, 2.75) is 27.2 Å². The van der Waals surface area contributed by atoms with Gasteiger partial charge < -0.3 is 10.3 Å². The SMILES string of the molecule is CCc1cc(=O)[nH]c(-n2nc(C)cc2NC(=O)C(=O)c2c(C)[nH]c3ccccc23)n1. The summed E-state index contributed by atoms with van der Waals surface area (Å²) in [4.78, 5) is 47.7. The number of para-hydroxylation sites is 1. The lowest BCUT2D eigenvalue weighted by Gasteiger charge is -2.08. The largest absolute Gasteiger partial charge is 0.358 e. The molecule has 0 aliphatic carbocycles. The minimum Gasteiger partial charge on any atom is -0.358 e. The maximum absolute atomic E-state index is 12.9. The molecule has 0 saturated heterocycles. The van der Waals surface area contributed by atoms with Crippen molar-refractivity contribution in [2.75, 3.05) is 5.32 Å². The Morgan fingerprint density at radius 1 is 1.13 bits per heavy atom. The number of aryl methyl sites for hydroxylation is 3. The second kappa shape index (κ2) is 7.43. The molecule has 0 radical (unpaired) electrons. The van der Waals surface area contributed by atoms with Gasteiger partial charge in [-0.15, -0.1) is 0 Å². The maximum Gasteiger partial charge on any atom is 0.298 e. The molecule has 1 amide bonds. The fraction of sp³-hybridized carbons (Fsp3) is 0.190. The first-order valence-electron chi connectivity index (χ1n) is 9.47. The molecule has 30 heavy (non-hydrogen) atoms. The summed E-state index contributed by atoms with van der Waals surface area (Å²) in [6.45, 7) is 5.37. The van der Waals surface area contributed by atoms with E-state index in [-0.39, 0.29) is 17.3 Å². The molecule has 3 aromatic heterocycles. The maximum atomic E-state index is 12.9. The predicted octanol–water partition coefficient (Wildman–Crippen LogP) is 2.44. The van der Waals surface area contributed by atoms with Crippen LogP contribution in [0.15, 0.2) is 41.2 Å². The summed E-state index contributed by atoms with van der Waals surface area (Å²) in [6, 6.07) is 10.3. The van der Waals surface area contributed by atoms with Crippen molar-refractivity contribution >= 4 is 28.4 Å². The molecule has 9 nitrogen and oxygen atoms in total. The zero-order valence-electron chi connectivity index (χ0n) is 16.7. The van der Waals surface area contributed by atoms with Crippen LogP contribution in [-0.2, 0) is 11.2 Å². The number of nitrogens with one attached hydrogen (secondary N) is 3. The third kappa shape index (κ3) is 3.41. The number of hydrogen-bond donors (Lipinski definition) is 3. The van der Waals surface area contributed by atoms with E-state index in [1.165, 1.54) is 10.7 Å². The summed E-state index contributed by atoms with van der Waals surface area (Å²) >= 11 is 0. The van der Waals surface area contributed by atoms with Crippen LogP contribution in [0.1, 0.15) is 34.4 Å². The average molecular weight is 404 g/mol. The Bertz CT molecular complexity index is 1340. The molecule has 0 bridgehead atoms. The number of rotatable bonds is 5. The van der Waals surface area contributed by atoms with Gasteiger partial charge in [-0.25, -0.2) is 4.98 Å². The number of H-pyrrole nitrogens is 2. The first-order chi connectivity index (χ1) is 14.4. The fourth-order valence-electron chi connectivity index (χ4n) is 3.38. The molecule has 0 atom stereocenters. The predicted molar refractivity (Wildman–Crippen MR) is 112 cm³/mol. The van der Waals surface area contributed by atoms with Gasteiger partial charge in [-0.3, -0.25) is 19.4 Å². The highest BCUT2D eigenvalue weighted by atomic mass is 16.2. The van der Waals surface area contributed by atoms with Gasteiger partial charge in [0.1, 0.15) is 5.82 Å². The normalized spacial score (nSPS) is 11.0. The van der Waals surface area contributed by atoms with Crippen molar-refractivity contribution in [3.63, 3.8) is 0 Å². The quantitative estimate of drug-likeness (QED) is 0.348. The number of carbonyl (C=O) groups is 2. The minimum atomic E-state index is -0.807. The monoisotopic (exact) mass is 404 g/mol. The van der Waals surface area contributed by atoms with Gasteiger partial charge in [0.2, 0.25) is 5.95 Å². The molecule has 0 aliphatic rings. The molecular formula is C21H20N6O3. The lowest BCUT2D eigenvalue weighted by molar-refractivity contribution is -0.112. The molecule has 3 heterocycles. The lowest BCUT2D eigenvalue weighted by atomic mass is 10.1. The summed E-state index contributed by atoms with van der Waals surface area (Å²) in [5.41, 5.74) is 2.57. The topological polar surface area (TPSA) is 126 Å². The van der Waals surface area contributed by atoms with E-state index in [9.17, 15) is 14.4 Å². The van der Waals surface area contributed by atoms with Crippen LogP contribution in [0.25, 0.3) is 16.9 Å². The molecule has 1 aromatic carbocycles. The fourth-order valence-corrected chi connectivity index (χ4v) is 3.38. The van der Waals surface area contributed by atoms with Gasteiger partial charge >= 0.3 is 0 Å². The molecule has 152 valence electrons. The molecule has 0 unspecified atom stereocenters. The number of Topliss-reactive ketones (excluding diaryl/α,β-unsaturated/α-hetero) is 1. The van der Waals surface area contributed by atoms with E-state index >= 15 is 0 Å². The van der Waals surface area contributed by atoms with Crippen LogP contribution in [0.5, 0.6) is 0 Å². The number of nitrogens with zero attached hydrogens (tertiary/aromatic N) is 3. The number of aromatic nitrogens is 5. The first-order valence-corrected chi connectivity index (χ1v) is 9.47. The van der Waals surface area contributed by atoms with E-state index in [1.807, 2.05) is 25.1 Å². The lowest BCUT2D eigenvalue weighted by Crippen LogP contribution is -2.25. The van der Waals surface area contributed by atoms with Crippen molar-refractivity contribution in [1.29, 1.82) is 0 Å². The van der Waals surface area contributed by atoms with Crippen molar-refractivity contribution in [3.05, 3.63) is 69.4 Å². The third-order valence-electron chi connectivity index (χ3n) is 4.75. The molecule has 9 heteroatoms. The minimum absolute atomic E-state index is 0.165. The van der Waals surface area contributed by atoms with Crippen LogP contribution < -0.4 is 10.9 Å². The van der Waals surface area contributed by atoms with Crippen molar-refractivity contribution < 1.29 is 9.59 Å². The zero-order valence-corrected chi connectivity index (χ0v) is 16.7. The standard InChI is InChI=1S/C21H20N6O3/c1-4-13-10-17(28)25-21(23-13)27-16(9-11(2)26-27)24-20(30)19(29)18-12(3)22-15-8-6-5-7-14(15)18/h5-10,22H,4H2,1-3H3,(H,24,30)(H,23,25,28). The number of hydrogen-bond acceptors (Lipinski definition) is 5. The van der Waals surface area contributed by atoms with Gasteiger partial charge in [-0.2, -0.15) is 9.78 Å². The number of amides is 1. The molecule has 0 aliphatic heterocycles. The second-order valence-corrected chi connectivity index (χ2v) is 6.95. The summed E-state index contributed by atoms with van der Waals surface area (Å²) in [5, 5.41) is 7.58. The average Bonchev–Trinajstić information content (AvgIpc) is 3.25. The van der Waals surface area contributed by atoms with Crippen LogP contribution >= 0.6 is 0 Å². The van der Waals surface area contributed by atoms with Gasteiger partial charge in [-0.05, 0) is 26.3 Å². The molecule has 3 N–H and O–H groups in total. The van der Waals surface area contributed by atoms with E-state index in [0.717, 1.165) is 5.52 Å². The third-order valence-corrected chi connectivity index (χ3v) is 4.75. The second-order valence-electron chi connectivity index (χ2n) is 6.95. The van der Waals surface area contributed by atoms with Crippen LogP contribution in [0.2, 0.25) is 0 Å². The van der Waals surface area contributed by atoms with Crippen molar-refractivity contribution in [1.82, 2.24) is 24.7 Å². The molecular weight excluding hydrogens is 384 g/mol. The van der Waals surface area contributed by atoms with E-state index in [0.29, 0.717) is 34.5 Å². The van der Waals surface area contributed by atoms with Crippen LogP contribution in [-0.4, -0.2) is 36.4 Å². The van der Waals surface area contributed by atoms with E-state index in [1.54, 1.807) is 26.0 Å². The summed E-state index contributed by atoms with van der Waals surface area (Å²) < 4.78 is 1.31. The highest BCUT2D eigenvalue weighted by Crippen LogP contribution is 2.23. The Kier molecular flexibility index (Phi) is 4.78. The Morgan fingerprint density at radius 3 is 2.67 bits per heavy atom. The van der Waals surface area contributed by atoms with Crippen molar-refractivity contribution in [2.24, 2.45) is 0 Å². The van der Waals surface area contributed by atoms with Crippen LogP contribution in [0.3, 0.4) is 0 Å². The van der Waals surface area contributed by atoms with E-state index in [4.69, 9.17) is 0 Å². The van der Waals surface area contributed by atoms with Crippen LogP contribution in [0.4, 0.5) is 5.82 Å². The number of fused-ring (bicyclic) bond motifs is 1.